The van der Waals surface area contributed by atoms with Crippen LogP contribution in [-0.4, -0.2) is 30.3 Å². The predicted molar refractivity (Wildman–Crippen MR) is 82.4 cm³/mol. The van der Waals surface area contributed by atoms with E-state index < -0.39 is 30.1 Å². The first-order valence-electron chi connectivity index (χ1n) is 7.27. The molecule has 0 aromatic heterocycles. The van der Waals surface area contributed by atoms with Crippen LogP contribution in [0, 0.1) is 0 Å². The number of carbonyl (C=O) groups excluding carboxylic acids is 1. The third kappa shape index (κ3) is 4.01. The van der Waals surface area contributed by atoms with Gasteiger partial charge in [-0.1, -0.05) is 60.7 Å². The Morgan fingerprint density at radius 1 is 0.958 bits per heavy atom. The van der Waals surface area contributed by atoms with E-state index in [1.165, 1.54) is 31.4 Å². The average Bonchev–Trinajstić information content (AvgIpc) is 2.56. The number of Topliss-reactive ketones (excluding diaryl/α,β-unsaturated/α-hetero) is 1. The van der Waals surface area contributed by atoms with Crippen molar-refractivity contribution >= 4 is 5.78 Å². The molecular formula is C18H17F3O3. The van der Waals surface area contributed by atoms with Crippen molar-refractivity contribution in [3.8, 4) is 0 Å². The Morgan fingerprint density at radius 3 is 1.83 bits per heavy atom. The molecule has 2 aromatic carbocycles. The minimum atomic E-state index is -4.77. The van der Waals surface area contributed by atoms with Gasteiger partial charge in [-0.3, -0.25) is 4.79 Å². The van der Waals surface area contributed by atoms with Gasteiger partial charge in [0.2, 0.25) is 0 Å². The number of alkyl halides is 3. The first-order chi connectivity index (χ1) is 11.4. The molecule has 3 atom stereocenters. The molecule has 0 heterocycles. The molecule has 0 amide bonds. The SMILES string of the molecule is CO[C@H](C(=O)[C@@H](O)[C@@H](c1ccccc1)C(F)(F)F)c1ccccc1. The topological polar surface area (TPSA) is 46.5 Å². The Hall–Kier alpha value is -2.18. The minimum absolute atomic E-state index is 0.172. The van der Waals surface area contributed by atoms with Gasteiger partial charge in [-0.25, -0.2) is 0 Å². The number of hydrogen-bond acceptors (Lipinski definition) is 3. The second-order valence-electron chi connectivity index (χ2n) is 5.30. The summed E-state index contributed by atoms with van der Waals surface area (Å²) < 4.78 is 45.3. The number of methoxy groups -OCH3 is 1. The number of ketones is 1. The fraction of sp³-hybridized carbons (Fsp3) is 0.278. The molecule has 0 fully saturated rings. The van der Waals surface area contributed by atoms with E-state index in [2.05, 4.69) is 0 Å². The first-order valence-corrected chi connectivity index (χ1v) is 7.27. The Balaban J connectivity index is 2.35. The van der Waals surface area contributed by atoms with Gasteiger partial charge in [0, 0.05) is 7.11 Å². The van der Waals surface area contributed by atoms with Gasteiger partial charge in [0.25, 0.3) is 0 Å². The summed E-state index contributed by atoms with van der Waals surface area (Å²) >= 11 is 0. The van der Waals surface area contributed by atoms with Crippen LogP contribution in [0.4, 0.5) is 13.2 Å². The minimum Gasteiger partial charge on any atom is -0.384 e. The van der Waals surface area contributed by atoms with Gasteiger partial charge in [-0.2, -0.15) is 13.2 Å². The van der Waals surface area contributed by atoms with Crippen molar-refractivity contribution in [2.24, 2.45) is 0 Å². The van der Waals surface area contributed by atoms with E-state index in [0.29, 0.717) is 5.56 Å². The van der Waals surface area contributed by atoms with Crippen LogP contribution in [-0.2, 0) is 9.53 Å². The predicted octanol–water partition coefficient (Wildman–Crippen LogP) is 3.65. The zero-order valence-electron chi connectivity index (χ0n) is 12.9. The summed E-state index contributed by atoms with van der Waals surface area (Å²) in [4.78, 5) is 12.5. The molecule has 2 rings (SSSR count). The Bertz CT molecular complexity index is 656. The van der Waals surface area contributed by atoms with Crippen molar-refractivity contribution in [1.82, 2.24) is 0 Å². The molecule has 0 spiro atoms. The van der Waals surface area contributed by atoms with E-state index in [1.54, 1.807) is 36.4 Å². The van der Waals surface area contributed by atoms with Crippen molar-refractivity contribution < 1.29 is 27.8 Å². The molecule has 0 aliphatic heterocycles. The Morgan fingerprint density at radius 2 is 1.42 bits per heavy atom. The molecule has 2 aromatic rings. The molecule has 1 N–H and O–H groups in total. The zero-order valence-corrected chi connectivity index (χ0v) is 12.9. The molecule has 0 unspecified atom stereocenters. The van der Waals surface area contributed by atoms with Crippen molar-refractivity contribution in [2.75, 3.05) is 7.11 Å². The van der Waals surface area contributed by atoms with Crippen LogP contribution < -0.4 is 0 Å². The number of aliphatic hydroxyl groups excluding tert-OH is 1. The number of aliphatic hydroxyl groups is 1. The average molecular weight is 338 g/mol. The highest BCUT2D eigenvalue weighted by atomic mass is 19.4. The van der Waals surface area contributed by atoms with Crippen LogP contribution in [0.2, 0.25) is 0 Å². The lowest BCUT2D eigenvalue weighted by atomic mass is 9.87. The van der Waals surface area contributed by atoms with Gasteiger partial charge >= 0.3 is 6.18 Å². The molecule has 0 saturated heterocycles. The summed E-state index contributed by atoms with van der Waals surface area (Å²) in [5, 5.41) is 10.2. The lowest BCUT2D eigenvalue weighted by molar-refractivity contribution is -0.180. The summed E-state index contributed by atoms with van der Waals surface area (Å²) in [5.41, 5.74) is 0.215. The fourth-order valence-electron chi connectivity index (χ4n) is 2.57. The number of hydrogen-bond donors (Lipinski definition) is 1. The molecule has 0 aliphatic rings. The molecule has 0 aliphatic carbocycles. The standard InChI is InChI=1S/C18H17F3O3/c1-24-17(13-10-6-3-7-11-13)16(23)15(22)14(18(19,20)21)12-8-4-2-5-9-12/h2-11,14-15,17,22H,1H3/t14-,15+,17+/m1/s1. The Labute approximate surface area is 137 Å². The highest BCUT2D eigenvalue weighted by Gasteiger charge is 2.49. The molecule has 6 heteroatoms. The summed E-state index contributed by atoms with van der Waals surface area (Å²) in [6, 6.07) is 15.0. The van der Waals surface area contributed by atoms with Crippen LogP contribution in [0.25, 0.3) is 0 Å². The maximum Gasteiger partial charge on any atom is 0.398 e. The molecule has 0 bridgehead atoms. The van der Waals surface area contributed by atoms with E-state index >= 15 is 0 Å². The van der Waals surface area contributed by atoms with Crippen LogP contribution in [0.1, 0.15) is 23.1 Å². The number of carbonyl (C=O) groups is 1. The third-order valence-corrected chi connectivity index (χ3v) is 3.72. The maximum atomic E-state index is 13.4. The highest BCUT2D eigenvalue weighted by molar-refractivity contribution is 5.89. The van der Waals surface area contributed by atoms with Crippen LogP contribution >= 0.6 is 0 Å². The van der Waals surface area contributed by atoms with E-state index in [4.69, 9.17) is 4.74 Å². The van der Waals surface area contributed by atoms with Gasteiger partial charge < -0.3 is 9.84 Å². The Kier molecular flexibility index (Phi) is 5.75. The van der Waals surface area contributed by atoms with Crippen LogP contribution in [0.3, 0.4) is 0 Å². The van der Waals surface area contributed by atoms with E-state index in [-0.39, 0.29) is 5.56 Å². The van der Waals surface area contributed by atoms with Crippen LogP contribution in [0.5, 0.6) is 0 Å². The van der Waals surface area contributed by atoms with E-state index in [1.807, 2.05) is 0 Å². The van der Waals surface area contributed by atoms with Gasteiger partial charge in [0.1, 0.15) is 18.1 Å². The lowest BCUT2D eigenvalue weighted by Gasteiger charge is -2.27. The van der Waals surface area contributed by atoms with Gasteiger partial charge in [-0.05, 0) is 11.1 Å². The quantitative estimate of drug-likeness (QED) is 0.874. The molecule has 0 saturated carbocycles. The van der Waals surface area contributed by atoms with Crippen LogP contribution in [0.15, 0.2) is 60.7 Å². The zero-order chi connectivity index (χ0) is 17.7. The maximum absolute atomic E-state index is 13.4. The van der Waals surface area contributed by atoms with Gasteiger partial charge in [0.15, 0.2) is 5.78 Å². The number of halogens is 3. The normalized spacial score (nSPS) is 15.5. The largest absolute Gasteiger partial charge is 0.398 e. The van der Waals surface area contributed by atoms with Crippen molar-refractivity contribution in [2.45, 2.75) is 24.3 Å². The smallest absolute Gasteiger partial charge is 0.384 e. The number of rotatable bonds is 6. The van der Waals surface area contributed by atoms with Gasteiger partial charge in [-0.15, -0.1) is 0 Å². The van der Waals surface area contributed by atoms with E-state index in [9.17, 15) is 23.1 Å². The first kappa shape index (κ1) is 18.2. The molecule has 128 valence electrons. The fourth-order valence-corrected chi connectivity index (χ4v) is 2.57. The lowest BCUT2D eigenvalue weighted by Crippen LogP contribution is -2.40. The molecule has 0 radical (unpaired) electrons. The molecular weight excluding hydrogens is 321 g/mol. The highest BCUT2D eigenvalue weighted by Crippen LogP contribution is 2.39. The molecule has 24 heavy (non-hydrogen) atoms. The molecule has 3 nitrogen and oxygen atoms in total. The van der Waals surface area contributed by atoms with Gasteiger partial charge in [0.05, 0.1) is 0 Å². The third-order valence-electron chi connectivity index (χ3n) is 3.72. The monoisotopic (exact) mass is 338 g/mol. The van der Waals surface area contributed by atoms with E-state index in [0.717, 1.165) is 0 Å². The second kappa shape index (κ2) is 7.59. The summed E-state index contributed by atoms with van der Waals surface area (Å²) in [6.45, 7) is 0. The van der Waals surface area contributed by atoms with Crippen molar-refractivity contribution in [3.05, 3.63) is 71.8 Å². The van der Waals surface area contributed by atoms with Crippen molar-refractivity contribution in [3.63, 3.8) is 0 Å². The number of benzene rings is 2. The summed E-state index contributed by atoms with van der Waals surface area (Å²) in [7, 11) is 1.22. The second-order valence-corrected chi connectivity index (χ2v) is 5.30. The summed E-state index contributed by atoms with van der Waals surface area (Å²) in [6.07, 6.45) is -8.31. The number of ether oxygens (including phenoxy) is 1. The summed E-state index contributed by atoms with van der Waals surface area (Å²) in [5.74, 6) is -3.34. The van der Waals surface area contributed by atoms with Crippen molar-refractivity contribution in [1.29, 1.82) is 0 Å².